The van der Waals surface area contributed by atoms with E-state index in [9.17, 15) is 0 Å². The first-order valence-electron chi connectivity index (χ1n) is 13.8. The second kappa shape index (κ2) is 9.89. The summed E-state index contributed by atoms with van der Waals surface area (Å²) in [7, 11) is 0. The number of aromatic nitrogens is 3. The number of rotatable bonds is 6. The van der Waals surface area contributed by atoms with Crippen LogP contribution in [0, 0.1) is 18.8 Å². The Morgan fingerprint density at radius 1 is 1.03 bits per heavy atom. The number of nitrogens with zero attached hydrogens (tertiary/aromatic N) is 4. The fraction of sp³-hybridized carbons (Fsp3) is 0.533. The summed E-state index contributed by atoms with van der Waals surface area (Å²) in [5, 5.41) is 5.41. The third-order valence-electron chi connectivity index (χ3n) is 7.99. The number of fused-ring (bicyclic) bond motifs is 2. The van der Waals surface area contributed by atoms with Gasteiger partial charge in [-0.05, 0) is 73.9 Å². The van der Waals surface area contributed by atoms with Crippen molar-refractivity contribution in [2.24, 2.45) is 11.8 Å². The summed E-state index contributed by atoms with van der Waals surface area (Å²) in [5.74, 6) is 2.31. The van der Waals surface area contributed by atoms with Crippen LogP contribution in [0.25, 0.3) is 33.4 Å². The minimum atomic E-state index is 0.533. The molecule has 3 heterocycles. The van der Waals surface area contributed by atoms with Gasteiger partial charge in [0, 0.05) is 36.3 Å². The smallest absolute Gasteiger partial charge is 0.170 e. The molecule has 6 heteroatoms. The van der Waals surface area contributed by atoms with E-state index in [-0.39, 0.29) is 0 Å². The van der Waals surface area contributed by atoms with E-state index >= 15 is 0 Å². The van der Waals surface area contributed by atoms with Crippen LogP contribution in [0.2, 0.25) is 0 Å². The number of hydrogen-bond donors (Lipinski definition) is 0. The summed E-state index contributed by atoms with van der Waals surface area (Å²) >= 11 is 0. The Hall–Kier alpha value is -2.86. The Bertz CT molecular complexity index is 1360. The van der Waals surface area contributed by atoms with Crippen LogP contribution in [-0.4, -0.2) is 41.0 Å². The maximum Gasteiger partial charge on any atom is 0.170 e. The first kappa shape index (κ1) is 23.5. The van der Waals surface area contributed by atoms with E-state index in [4.69, 9.17) is 14.2 Å². The second-order valence-electron chi connectivity index (χ2n) is 11.2. The fourth-order valence-corrected chi connectivity index (χ4v) is 6.11. The molecule has 0 radical (unpaired) electrons. The molecule has 0 spiro atoms. The normalized spacial score (nSPS) is 17.6. The van der Waals surface area contributed by atoms with E-state index in [1.807, 2.05) is 6.92 Å². The van der Waals surface area contributed by atoms with Crippen molar-refractivity contribution in [3.8, 4) is 11.4 Å². The minimum absolute atomic E-state index is 0.533. The Morgan fingerprint density at radius 2 is 1.83 bits per heavy atom. The number of benzene rings is 2. The largest absolute Gasteiger partial charge is 0.378 e. The molecule has 0 amide bonds. The third kappa shape index (κ3) is 4.52. The van der Waals surface area contributed by atoms with Crippen LogP contribution < -0.4 is 4.90 Å². The molecule has 2 fully saturated rings. The lowest BCUT2D eigenvalue weighted by atomic mass is 9.89. The highest BCUT2D eigenvalue weighted by molar-refractivity contribution is 5.89. The second-order valence-corrected chi connectivity index (χ2v) is 11.2. The van der Waals surface area contributed by atoms with E-state index in [0.717, 1.165) is 67.3 Å². The van der Waals surface area contributed by atoms with Crippen molar-refractivity contribution in [2.45, 2.75) is 65.8 Å². The molecule has 1 aliphatic carbocycles. The van der Waals surface area contributed by atoms with E-state index in [2.05, 4.69) is 58.8 Å². The molecule has 190 valence electrons. The number of ether oxygens (including phenoxy) is 1. The van der Waals surface area contributed by atoms with Crippen LogP contribution in [0.5, 0.6) is 0 Å². The maximum atomic E-state index is 5.77. The van der Waals surface area contributed by atoms with Crippen molar-refractivity contribution >= 4 is 27.7 Å². The van der Waals surface area contributed by atoms with Gasteiger partial charge >= 0.3 is 0 Å². The summed E-state index contributed by atoms with van der Waals surface area (Å²) in [6.07, 6.45) is 7.64. The average molecular weight is 487 g/mol. The molecule has 6 rings (SSSR count). The molecule has 6 nitrogen and oxygen atoms in total. The summed E-state index contributed by atoms with van der Waals surface area (Å²) < 4.78 is 13.9. The molecule has 0 N–H and O–H groups in total. The van der Waals surface area contributed by atoms with Gasteiger partial charge in [-0.15, -0.1) is 0 Å². The number of imidazole rings is 1. The topological polar surface area (TPSA) is 56.3 Å². The lowest BCUT2D eigenvalue weighted by molar-refractivity contribution is 0.122. The average Bonchev–Trinajstić information content (AvgIpc) is 3.45. The van der Waals surface area contributed by atoms with Gasteiger partial charge in [-0.1, -0.05) is 38.3 Å². The zero-order valence-electron chi connectivity index (χ0n) is 21.9. The minimum Gasteiger partial charge on any atom is -0.378 e. The molecule has 2 aromatic heterocycles. The molecule has 2 aliphatic rings. The molecule has 4 aromatic rings. The molecule has 0 atom stereocenters. The zero-order chi connectivity index (χ0) is 24.6. The summed E-state index contributed by atoms with van der Waals surface area (Å²) in [4.78, 5) is 7.68. The summed E-state index contributed by atoms with van der Waals surface area (Å²) in [6.45, 7) is 11.0. The molecular weight excluding hydrogens is 448 g/mol. The van der Waals surface area contributed by atoms with Gasteiger partial charge in [-0.3, -0.25) is 0 Å². The molecule has 2 aromatic carbocycles. The van der Waals surface area contributed by atoms with Gasteiger partial charge in [0.15, 0.2) is 5.58 Å². The molecule has 1 aliphatic heterocycles. The highest BCUT2D eigenvalue weighted by atomic mass is 16.5. The van der Waals surface area contributed by atoms with Gasteiger partial charge in [0.1, 0.15) is 5.82 Å². The standard InChI is InChI=1S/C30H38N4O2/c1-20(2)15-23-16-24(17-26-21(3)32-36-29(23)26)30-31-27-10-9-25(33-11-13-35-14-12-33)18-28(27)34(30)19-22-7-5-4-6-8-22/h9-10,16-18,20,22H,4-8,11-15,19H2,1-3H3. The molecule has 1 saturated carbocycles. The number of hydrogen-bond acceptors (Lipinski definition) is 5. The van der Waals surface area contributed by atoms with Crippen LogP contribution in [0.3, 0.4) is 0 Å². The summed E-state index contributed by atoms with van der Waals surface area (Å²) in [5.41, 5.74) is 7.86. The van der Waals surface area contributed by atoms with Crippen LogP contribution in [-0.2, 0) is 17.7 Å². The Kier molecular flexibility index (Phi) is 6.46. The highest BCUT2D eigenvalue weighted by Gasteiger charge is 2.22. The molecule has 1 saturated heterocycles. The monoisotopic (exact) mass is 486 g/mol. The summed E-state index contributed by atoms with van der Waals surface area (Å²) in [6, 6.07) is 11.3. The quantitative estimate of drug-likeness (QED) is 0.301. The van der Waals surface area contributed by atoms with Crippen molar-refractivity contribution in [2.75, 3.05) is 31.2 Å². The Balaban J connectivity index is 1.50. The van der Waals surface area contributed by atoms with Crippen LogP contribution in [0.1, 0.15) is 57.2 Å². The van der Waals surface area contributed by atoms with E-state index in [1.165, 1.54) is 54.4 Å². The van der Waals surface area contributed by atoms with Gasteiger partial charge in [-0.2, -0.15) is 0 Å². The number of aryl methyl sites for hydroxylation is 1. The van der Waals surface area contributed by atoms with Crippen LogP contribution >= 0.6 is 0 Å². The molecule has 36 heavy (non-hydrogen) atoms. The SMILES string of the molecule is Cc1noc2c(CC(C)C)cc(-c3nc4ccc(N5CCOCC5)cc4n3CC3CCCCC3)cc12. The van der Waals surface area contributed by atoms with Crippen molar-refractivity contribution < 1.29 is 9.26 Å². The molecule has 0 unspecified atom stereocenters. The third-order valence-corrected chi connectivity index (χ3v) is 7.99. The first-order valence-corrected chi connectivity index (χ1v) is 13.8. The predicted octanol–water partition coefficient (Wildman–Crippen LogP) is 6.77. The van der Waals surface area contributed by atoms with Gasteiger partial charge in [-0.25, -0.2) is 4.98 Å². The van der Waals surface area contributed by atoms with E-state index in [1.54, 1.807) is 0 Å². The molecule has 0 bridgehead atoms. The number of anilines is 1. The van der Waals surface area contributed by atoms with E-state index in [0.29, 0.717) is 11.8 Å². The van der Waals surface area contributed by atoms with Gasteiger partial charge < -0.3 is 18.7 Å². The Morgan fingerprint density at radius 3 is 2.61 bits per heavy atom. The van der Waals surface area contributed by atoms with Gasteiger partial charge in [0.25, 0.3) is 0 Å². The predicted molar refractivity (Wildman–Crippen MR) is 146 cm³/mol. The van der Waals surface area contributed by atoms with Crippen LogP contribution in [0.15, 0.2) is 34.9 Å². The van der Waals surface area contributed by atoms with E-state index < -0.39 is 0 Å². The van der Waals surface area contributed by atoms with Crippen molar-refractivity contribution in [3.63, 3.8) is 0 Å². The zero-order valence-corrected chi connectivity index (χ0v) is 21.9. The van der Waals surface area contributed by atoms with Crippen molar-refractivity contribution in [3.05, 3.63) is 41.6 Å². The lowest BCUT2D eigenvalue weighted by Crippen LogP contribution is -2.36. The lowest BCUT2D eigenvalue weighted by Gasteiger charge is -2.29. The Labute approximate surface area is 213 Å². The fourth-order valence-electron chi connectivity index (χ4n) is 6.11. The maximum absolute atomic E-state index is 5.77. The van der Waals surface area contributed by atoms with Crippen molar-refractivity contribution in [1.82, 2.24) is 14.7 Å². The molecular formula is C30H38N4O2. The highest BCUT2D eigenvalue weighted by Crippen LogP contribution is 2.35. The van der Waals surface area contributed by atoms with Crippen LogP contribution in [0.4, 0.5) is 5.69 Å². The first-order chi connectivity index (χ1) is 17.6. The van der Waals surface area contributed by atoms with Gasteiger partial charge in [0.2, 0.25) is 0 Å². The number of morpholine rings is 1. The van der Waals surface area contributed by atoms with Gasteiger partial charge in [0.05, 0.1) is 29.9 Å². The van der Waals surface area contributed by atoms with Crippen molar-refractivity contribution in [1.29, 1.82) is 0 Å².